The maximum Gasteiger partial charge on any atom is 0.337 e. The molecule has 30 heavy (non-hydrogen) atoms. The van der Waals surface area contributed by atoms with Gasteiger partial charge in [0.1, 0.15) is 12.4 Å². The van der Waals surface area contributed by atoms with E-state index >= 15 is 0 Å². The number of anilines is 1. The molecule has 0 fully saturated rings. The molecule has 3 aromatic rings. The highest BCUT2D eigenvalue weighted by atomic mass is 32.1. The van der Waals surface area contributed by atoms with Gasteiger partial charge in [0, 0.05) is 11.3 Å². The second-order valence-corrected chi connectivity index (χ2v) is 6.69. The third-order valence-electron chi connectivity index (χ3n) is 4.14. The smallest absolute Gasteiger partial charge is 0.337 e. The molecule has 3 aromatic carbocycles. The summed E-state index contributed by atoms with van der Waals surface area (Å²) in [6, 6.07) is 23.2. The Hall–Kier alpha value is -3.71. The normalized spacial score (nSPS) is 10.0. The van der Waals surface area contributed by atoms with Crippen molar-refractivity contribution in [2.24, 2.45) is 0 Å². The zero-order valence-corrected chi connectivity index (χ0v) is 17.1. The van der Waals surface area contributed by atoms with Crippen molar-refractivity contribution in [2.45, 2.75) is 6.61 Å². The number of nitrogens with one attached hydrogen (secondary N) is 2. The van der Waals surface area contributed by atoms with Gasteiger partial charge in [-0.05, 0) is 60.2 Å². The van der Waals surface area contributed by atoms with E-state index in [2.05, 4.69) is 15.4 Å². The molecule has 0 heterocycles. The van der Waals surface area contributed by atoms with Gasteiger partial charge in [0.05, 0.1) is 12.7 Å². The molecule has 152 valence electrons. The van der Waals surface area contributed by atoms with E-state index in [1.165, 1.54) is 7.11 Å². The fourth-order valence-electron chi connectivity index (χ4n) is 2.61. The van der Waals surface area contributed by atoms with Gasteiger partial charge >= 0.3 is 5.97 Å². The molecule has 2 N–H and O–H groups in total. The molecule has 0 saturated heterocycles. The monoisotopic (exact) mass is 420 g/mol. The minimum atomic E-state index is -0.424. The molecule has 6 nitrogen and oxygen atoms in total. The maximum atomic E-state index is 12.5. The average molecular weight is 420 g/mol. The van der Waals surface area contributed by atoms with E-state index in [0.29, 0.717) is 29.2 Å². The number of rotatable bonds is 6. The van der Waals surface area contributed by atoms with Crippen molar-refractivity contribution in [1.29, 1.82) is 0 Å². The lowest BCUT2D eigenvalue weighted by Gasteiger charge is -2.11. The Balaban J connectivity index is 1.56. The molecule has 0 spiro atoms. The highest BCUT2D eigenvalue weighted by Crippen LogP contribution is 2.16. The number of esters is 1. The van der Waals surface area contributed by atoms with Crippen molar-refractivity contribution < 1.29 is 19.1 Å². The summed E-state index contributed by atoms with van der Waals surface area (Å²) in [5.74, 6) is -0.195. The van der Waals surface area contributed by atoms with Gasteiger partial charge in [0.2, 0.25) is 0 Å². The quantitative estimate of drug-likeness (QED) is 0.460. The molecule has 0 atom stereocenters. The predicted octanol–water partition coefficient (Wildman–Crippen LogP) is 4.18. The van der Waals surface area contributed by atoms with Gasteiger partial charge in [-0.15, -0.1) is 0 Å². The van der Waals surface area contributed by atoms with E-state index in [1.54, 1.807) is 48.5 Å². The van der Waals surface area contributed by atoms with Gasteiger partial charge in [0.15, 0.2) is 5.11 Å². The summed E-state index contributed by atoms with van der Waals surface area (Å²) in [6.07, 6.45) is 0. The fraction of sp³-hybridized carbons (Fsp3) is 0.0870. The number of methoxy groups -OCH3 is 1. The first-order valence-electron chi connectivity index (χ1n) is 9.12. The first kappa shape index (κ1) is 21.0. The molecular weight excluding hydrogens is 400 g/mol. The zero-order chi connectivity index (χ0) is 21.3. The lowest BCUT2D eigenvalue weighted by atomic mass is 10.2. The summed E-state index contributed by atoms with van der Waals surface area (Å²) in [7, 11) is 1.32. The number of hydrogen-bond donors (Lipinski definition) is 2. The Morgan fingerprint density at radius 2 is 1.63 bits per heavy atom. The summed E-state index contributed by atoms with van der Waals surface area (Å²) >= 11 is 5.20. The van der Waals surface area contributed by atoms with E-state index < -0.39 is 5.97 Å². The van der Waals surface area contributed by atoms with Crippen LogP contribution in [0.3, 0.4) is 0 Å². The molecule has 0 bridgehead atoms. The number of amides is 1. The van der Waals surface area contributed by atoms with Crippen LogP contribution in [0.4, 0.5) is 5.69 Å². The van der Waals surface area contributed by atoms with Crippen molar-refractivity contribution in [3.05, 3.63) is 95.6 Å². The number of hydrogen-bond acceptors (Lipinski definition) is 5. The molecule has 0 aliphatic carbocycles. The lowest BCUT2D eigenvalue weighted by Crippen LogP contribution is -2.34. The number of benzene rings is 3. The lowest BCUT2D eigenvalue weighted by molar-refractivity contribution is 0.0600. The number of carbonyl (C=O) groups excluding carboxylic acids is 2. The summed E-state index contributed by atoms with van der Waals surface area (Å²) in [5.41, 5.74) is 2.51. The van der Waals surface area contributed by atoms with Crippen LogP contribution in [0.1, 0.15) is 26.3 Å². The Morgan fingerprint density at radius 1 is 0.900 bits per heavy atom. The van der Waals surface area contributed by atoms with Crippen molar-refractivity contribution in [1.82, 2.24) is 5.32 Å². The maximum absolute atomic E-state index is 12.5. The highest BCUT2D eigenvalue weighted by Gasteiger charge is 2.10. The topological polar surface area (TPSA) is 76.7 Å². The first-order chi connectivity index (χ1) is 14.5. The highest BCUT2D eigenvalue weighted by molar-refractivity contribution is 7.80. The third-order valence-corrected chi connectivity index (χ3v) is 4.34. The largest absolute Gasteiger partial charge is 0.489 e. The van der Waals surface area contributed by atoms with Crippen LogP contribution in [0, 0.1) is 0 Å². The van der Waals surface area contributed by atoms with Crippen LogP contribution in [-0.2, 0) is 11.3 Å². The zero-order valence-electron chi connectivity index (χ0n) is 16.3. The van der Waals surface area contributed by atoms with Gasteiger partial charge in [-0.2, -0.15) is 0 Å². The molecule has 0 aliphatic rings. The second kappa shape index (κ2) is 10.2. The van der Waals surface area contributed by atoms with Gasteiger partial charge < -0.3 is 14.8 Å². The molecule has 0 saturated carbocycles. The van der Waals surface area contributed by atoms with Gasteiger partial charge in [-0.1, -0.05) is 36.4 Å². The number of thiocarbonyl (C=S) groups is 1. The van der Waals surface area contributed by atoms with Crippen molar-refractivity contribution >= 4 is 34.9 Å². The van der Waals surface area contributed by atoms with E-state index in [0.717, 1.165) is 5.56 Å². The van der Waals surface area contributed by atoms with Crippen molar-refractivity contribution in [3.8, 4) is 5.75 Å². The van der Waals surface area contributed by atoms with E-state index in [1.807, 2.05) is 30.3 Å². The van der Waals surface area contributed by atoms with E-state index in [9.17, 15) is 9.59 Å². The standard InChI is InChI=1S/C23H20N2O4S/c1-28-22(27)17-10-12-19(13-11-17)24-23(30)25-21(26)18-8-5-9-20(14-18)29-15-16-6-3-2-4-7-16/h2-14H,15H2,1H3,(H2,24,25,26,30). The Labute approximate surface area is 179 Å². The fourth-order valence-corrected chi connectivity index (χ4v) is 2.82. The third kappa shape index (κ3) is 5.89. The molecule has 0 unspecified atom stereocenters. The minimum Gasteiger partial charge on any atom is -0.489 e. The summed E-state index contributed by atoms with van der Waals surface area (Å²) in [6.45, 7) is 0.410. The summed E-state index contributed by atoms with van der Waals surface area (Å²) in [5, 5.41) is 5.67. The Bertz CT molecular complexity index is 1040. The van der Waals surface area contributed by atoms with E-state index in [4.69, 9.17) is 17.0 Å². The van der Waals surface area contributed by atoms with Gasteiger partial charge in [0.25, 0.3) is 5.91 Å². The molecular formula is C23H20N2O4S. The van der Waals surface area contributed by atoms with Crippen LogP contribution in [0.25, 0.3) is 0 Å². The summed E-state index contributed by atoms with van der Waals surface area (Å²) in [4.78, 5) is 24.0. The van der Waals surface area contributed by atoms with Crippen LogP contribution < -0.4 is 15.4 Å². The van der Waals surface area contributed by atoms with Crippen LogP contribution in [0.2, 0.25) is 0 Å². The van der Waals surface area contributed by atoms with E-state index in [-0.39, 0.29) is 11.0 Å². The van der Waals surface area contributed by atoms with Crippen LogP contribution in [0.15, 0.2) is 78.9 Å². The van der Waals surface area contributed by atoms with Crippen LogP contribution in [-0.4, -0.2) is 24.1 Å². The second-order valence-electron chi connectivity index (χ2n) is 6.28. The van der Waals surface area contributed by atoms with Crippen LogP contribution in [0.5, 0.6) is 5.75 Å². The molecule has 1 amide bonds. The molecule has 0 aromatic heterocycles. The number of ether oxygens (including phenoxy) is 2. The number of carbonyl (C=O) groups is 2. The molecule has 3 rings (SSSR count). The first-order valence-corrected chi connectivity index (χ1v) is 9.53. The molecule has 0 radical (unpaired) electrons. The van der Waals surface area contributed by atoms with Gasteiger partial charge in [-0.3, -0.25) is 10.1 Å². The Kier molecular flexibility index (Phi) is 7.13. The minimum absolute atomic E-state index is 0.140. The van der Waals surface area contributed by atoms with Crippen molar-refractivity contribution in [3.63, 3.8) is 0 Å². The Morgan fingerprint density at radius 3 is 2.33 bits per heavy atom. The average Bonchev–Trinajstić information content (AvgIpc) is 2.78. The van der Waals surface area contributed by atoms with Crippen LogP contribution >= 0.6 is 12.2 Å². The summed E-state index contributed by atoms with van der Waals surface area (Å²) < 4.78 is 10.4. The SMILES string of the molecule is COC(=O)c1ccc(NC(=S)NC(=O)c2cccc(OCc3ccccc3)c2)cc1. The molecule has 7 heteroatoms. The molecule has 0 aliphatic heterocycles. The van der Waals surface area contributed by atoms with Gasteiger partial charge in [-0.25, -0.2) is 4.79 Å². The van der Waals surface area contributed by atoms with Crippen molar-refractivity contribution in [2.75, 3.05) is 12.4 Å². The predicted molar refractivity (Wildman–Crippen MR) is 119 cm³/mol.